The van der Waals surface area contributed by atoms with E-state index in [0.717, 1.165) is 31.9 Å². The zero-order chi connectivity index (χ0) is 12.5. The maximum absolute atomic E-state index is 4.13. The molecule has 1 saturated heterocycles. The standard InChI is InChI=1S/C11H18N4.C2H6/c1-12-10-9-14-5-3-11(10)15-7-2-4-13-6-8-15;1-2/h3,5,9,12-13H,2,4,6-8H2,1H3;1-2H3. The zero-order valence-corrected chi connectivity index (χ0v) is 11.2. The van der Waals surface area contributed by atoms with Crippen molar-refractivity contribution in [2.75, 3.05) is 43.4 Å². The van der Waals surface area contributed by atoms with E-state index in [0.29, 0.717) is 0 Å². The van der Waals surface area contributed by atoms with Crippen LogP contribution in [-0.2, 0) is 0 Å². The van der Waals surface area contributed by atoms with E-state index in [2.05, 4.69) is 26.6 Å². The number of aromatic nitrogens is 1. The Kier molecular flexibility index (Phi) is 6.40. The van der Waals surface area contributed by atoms with Crippen molar-refractivity contribution in [2.24, 2.45) is 0 Å². The molecule has 0 aliphatic carbocycles. The minimum absolute atomic E-state index is 1.06. The van der Waals surface area contributed by atoms with Crippen LogP contribution in [0.3, 0.4) is 0 Å². The average Bonchev–Trinajstić information content (AvgIpc) is 2.70. The molecule has 2 rings (SSSR count). The van der Waals surface area contributed by atoms with Crippen LogP contribution in [0.25, 0.3) is 0 Å². The molecule has 1 aliphatic rings. The summed E-state index contributed by atoms with van der Waals surface area (Å²) >= 11 is 0. The topological polar surface area (TPSA) is 40.2 Å². The summed E-state index contributed by atoms with van der Waals surface area (Å²) in [5.74, 6) is 0. The number of anilines is 2. The van der Waals surface area contributed by atoms with E-state index in [4.69, 9.17) is 0 Å². The predicted octanol–water partition coefficient (Wildman–Crippen LogP) is 1.95. The van der Waals surface area contributed by atoms with Crippen LogP contribution in [0.4, 0.5) is 11.4 Å². The lowest BCUT2D eigenvalue weighted by atomic mass is 10.3. The van der Waals surface area contributed by atoms with Gasteiger partial charge in [-0.3, -0.25) is 4.98 Å². The summed E-state index contributed by atoms with van der Waals surface area (Å²) in [5, 5.41) is 6.60. The number of nitrogens with one attached hydrogen (secondary N) is 2. The van der Waals surface area contributed by atoms with Crippen molar-refractivity contribution < 1.29 is 0 Å². The third kappa shape index (κ3) is 3.89. The Morgan fingerprint density at radius 2 is 2.12 bits per heavy atom. The predicted molar refractivity (Wildman–Crippen MR) is 74.8 cm³/mol. The van der Waals surface area contributed by atoms with Gasteiger partial charge in [0.25, 0.3) is 0 Å². The molecule has 0 amide bonds. The third-order valence-corrected chi connectivity index (χ3v) is 2.75. The summed E-state index contributed by atoms with van der Waals surface area (Å²) in [4.78, 5) is 6.54. The summed E-state index contributed by atoms with van der Waals surface area (Å²) in [6.45, 7) is 8.37. The molecule has 2 N–H and O–H groups in total. The molecule has 0 radical (unpaired) electrons. The van der Waals surface area contributed by atoms with Gasteiger partial charge in [-0.05, 0) is 19.0 Å². The molecule has 0 bridgehead atoms. The zero-order valence-electron chi connectivity index (χ0n) is 11.2. The molecule has 1 fully saturated rings. The number of hydrogen-bond donors (Lipinski definition) is 2. The number of hydrogen-bond acceptors (Lipinski definition) is 4. The van der Waals surface area contributed by atoms with Gasteiger partial charge in [0.2, 0.25) is 0 Å². The van der Waals surface area contributed by atoms with Crippen molar-refractivity contribution in [1.82, 2.24) is 10.3 Å². The van der Waals surface area contributed by atoms with Crippen LogP contribution in [0, 0.1) is 0 Å². The second kappa shape index (κ2) is 7.90. The van der Waals surface area contributed by atoms with Crippen molar-refractivity contribution in [3.63, 3.8) is 0 Å². The van der Waals surface area contributed by atoms with Crippen molar-refractivity contribution in [3.8, 4) is 0 Å². The monoisotopic (exact) mass is 236 g/mol. The number of pyridine rings is 1. The van der Waals surface area contributed by atoms with Crippen LogP contribution in [0.15, 0.2) is 18.5 Å². The summed E-state index contributed by atoms with van der Waals surface area (Å²) in [6.07, 6.45) is 4.94. The molecule has 0 unspecified atom stereocenters. The minimum atomic E-state index is 1.06. The van der Waals surface area contributed by atoms with Crippen molar-refractivity contribution in [3.05, 3.63) is 18.5 Å². The van der Waals surface area contributed by atoms with Crippen molar-refractivity contribution >= 4 is 11.4 Å². The van der Waals surface area contributed by atoms with E-state index in [1.807, 2.05) is 33.3 Å². The molecule has 1 aromatic rings. The molecule has 0 spiro atoms. The Labute approximate surface area is 104 Å². The van der Waals surface area contributed by atoms with Gasteiger partial charge in [-0.25, -0.2) is 0 Å². The first-order chi connectivity index (χ1) is 8.42. The van der Waals surface area contributed by atoms with Crippen LogP contribution >= 0.6 is 0 Å². The molecule has 1 aromatic heterocycles. The van der Waals surface area contributed by atoms with Gasteiger partial charge in [-0.1, -0.05) is 13.8 Å². The summed E-state index contributed by atoms with van der Waals surface area (Å²) in [7, 11) is 1.94. The molecule has 4 nitrogen and oxygen atoms in total. The fourth-order valence-electron chi connectivity index (χ4n) is 1.94. The summed E-state index contributed by atoms with van der Waals surface area (Å²) < 4.78 is 0. The molecule has 17 heavy (non-hydrogen) atoms. The van der Waals surface area contributed by atoms with E-state index in [-0.39, 0.29) is 0 Å². The lowest BCUT2D eigenvalue weighted by molar-refractivity contribution is 0.724. The van der Waals surface area contributed by atoms with Crippen LogP contribution in [-0.4, -0.2) is 38.2 Å². The van der Waals surface area contributed by atoms with Gasteiger partial charge in [-0.2, -0.15) is 0 Å². The Morgan fingerprint density at radius 1 is 1.29 bits per heavy atom. The third-order valence-electron chi connectivity index (χ3n) is 2.75. The second-order valence-corrected chi connectivity index (χ2v) is 3.73. The first-order valence-corrected chi connectivity index (χ1v) is 6.49. The Hall–Kier alpha value is -1.29. The van der Waals surface area contributed by atoms with E-state index in [9.17, 15) is 0 Å². The highest BCUT2D eigenvalue weighted by molar-refractivity contribution is 5.68. The molecule has 0 atom stereocenters. The van der Waals surface area contributed by atoms with Crippen LogP contribution < -0.4 is 15.5 Å². The number of nitrogens with zero attached hydrogens (tertiary/aromatic N) is 2. The summed E-state index contributed by atoms with van der Waals surface area (Å²) in [6, 6.07) is 2.08. The quantitative estimate of drug-likeness (QED) is 0.823. The Balaban J connectivity index is 0.000000686. The van der Waals surface area contributed by atoms with Crippen LogP contribution in [0.2, 0.25) is 0 Å². The lowest BCUT2D eigenvalue weighted by Crippen LogP contribution is -2.28. The van der Waals surface area contributed by atoms with Gasteiger partial charge < -0.3 is 15.5 Å². The molecular weight excluding hydrogens is 212 g/mol. The van der Waals surface area contributed by atoms with Gasteiger partial charge in [0.05, 0.1) is 17.6 Å². The van der Waals surface area contributed by atoms with Gasteiger partial charge in [0.15, 0.2) is 0 Å². The van der Waals surface area contributed by atoms with Crippen molar-refractivity contribution in [1.29, 1.82) is 0 Å². The van der Waals surface area contributed by atoms with Crippen LogP contribution in [0.1, 0.15) is 20.3 Å². The minimum Gasteiger partial charge on any atom is -0.385 e. The van der Waals surface area contributed by atoms with E-state index >= 15 is 0 Å². The largest absolute Gasteiger partial charge is 0.385 e. The lowest BCUT2D eigenvalue weighted by Gasteiger charge is -2.24. The molecule has 96 valence electrons. The molecule has 2 heterocycles. The second-order valence-electron chi connectivity index (χ2n) is 3.73. The van der Waals surface area contributed by atoms with Gasteiger partial charge in [0, 0.05) is 32.9 Å². The highest BCUT2D eigenvalue weighted by atomic mass is 15.2. The Morgan fingerprint density at radius 3 is 2.88 bits per heavy atom. The number of rotatable bonds is 2. The smallest absolute Gasteiger partial charge is 0.0761 e. The van der Waals surface area contributed by atoms with Gasteiger partial charge in [0.1, 0.15) is 0 Å². The maximum atomic E-state index is 4.13. The van der Waals surface area contributed by atoms with Gasteiger partial charge in [-0.15, -0.1) is 0 Å². The first-order valence-electron chi connectivity index (χ1n) is 6.49. The maximum Gasteiger partial charge on any atom is 0.0761 e. The SMILES string of the molecule is CC.CNc1cnccc1N1CCCNCC1. The van der Waals surface area contributed by atoms with E-state index in [1.54, 1.807) is 0 Å². The highest BCUT2D eigenvalue weighted by Gasteiger charge is 2.12. The molecule has 0 aromatic carbocycles. The fraction of sp³-hybridized carbons (Fsp3) is 0.615. The highest BCUT2D eigenvalue weighted by Crippen LogP contribution is 2.24. The molecule has 4 heteroatoms. The van der Waals surface area contributed by atoms with Gasteiger partial charge >= 0.3 is 0 Å². The fourth-order valence-corrected chi connectivity index (χ4v) is 1.94. The molecular formula is C13H24N4. The van der Waals surface area contributed by atoms with Crippen molar-refractivity contribution in [2.45, 2.75) is 20.3 Å². The first kappa shape index (κ1) is 13.8. The van der Waals surface area contributed by atoms with E-state index in [1.165, 1.54) is 12.1 Å². The van der Waals surface area contributed by atoms with E-state index < -0.39 is 0 Å². The normalized spacial score (nSPS) is 15.6. The average molecular weight is 236 g/mol. The van der Waals surface area contributed by atoms with Crippen LogP contribution in [0.5, 0.6) is 0 Å². The Bertz CT molecular complexity index is 306. The molecule has 1 aliphatic heterocycles. The summed E-state index contributed by atoms with van der Waals surface area (Å²) in [5.41, 5.74) is 2.37. The molecule has 0 saturated carbocycles.